The molecular weight excluding hydrogens is 244 g/mol. The van der Waals surface area contributed by atoms with Crippen LogP contribution in [-0.2, 0) is 4.79 Å². The topological polar surface area (TPSA) is 112 Å². The van der Waals surface area contributed by atoms with E-state index in [-0.39, 0.29) is 11.5 Å². The second-order valence-electron chi connectivity index (χ2n) is 3.59. The second kappa shape index (κ2) is 4.66. The molecule has 0 bridgehead atoms. The van der Waals surface area contributed by atoms with E-state index in [1.54, 1.807) is 16.7 Å². The van der Waals surface area contributed by atoms with E-state index in [1.807, 2.05) is 0 Å². The maximum absolute atomic E-state index is 11.4. The molecule has 0 saturated carbocycles. The number of carboxylic acid groups (broad SMARTS) is 1. The van der Waals surface area contributed by atoms with Crippen LogP contribution in [-0.4, -0.2) is 45.1 Å². The molecule has 0 amide bonds. The zero-order valence-electron chi connectivity index (χ0n) is 8.92. The molecule has 1 aliphatic rings. The molecule has 1 fully saturated rings. The van der Waals surface area contributed by atoms with E-state index in [0.717, 1.165) is 5.75 Å². The third kappa shape index (κ3) is 2.21. The predicted molar refractivity (Wildman–Crippen MR) is 65.4 cm³/mol. The lowest BCUT2D eigenvalue weighted by Crippen LogP contribution is -2.48. The lowest BCUT2D eigenvalue weighted by atomic mass is 10.2. The van der Waals surface area contributed by atoms with Crippen molar-refractivity contribution in [2.75, 3.05) is 28.7 Å². The average molecular weight is 256 g/mol. The van der Waals surface area contributed by atoms with Crippen molar-refractivity contribution in [2.24, 2.45) is 0 Å². The third-order valence-corrected chi connectivity index (χ3v) is 3.58. The van der Waals surface area contributed by atoms with Crippen LogP contribution in [0, 0.1) is 0 Å². The summed E-state index contributed by atoms with van der Waals surface area (Å²) in [7, 11) is 0. The molecule has 2 rings (SSSR count). The van der Waals surface area contributed by atoms with Crippen molar-refractivity contribution < 1.29 is 9.90 Å². The first-order valence-corrected chi connectivity index (χ1v) is 6.17. The first-order valence-electron chi connectivity index (χ1n) is 5.01. The quantitative estimate of drug-likeness (QED) is 0.645. The van der Waals surface area contributed by atoms with Gasteiger partial charge in [0.1, 0.15) is 11.7 Å². The Bertz CT molecular complexity index is 489. The minimum Gasteiger partial charge on any atom is -0.480 e. The molecule has 17 heavy (non-hydrogen) atoms. The second-order valence-corrected chi connectivity index (χ2v) is 4.74. The Morgan fingerprint density at radius 3 is 3.18 bits per heavy atom. The molecule has 1 aliphatic heterocycles. The maximum atomic E-state index is 11.4. The zero-order valence-corrected chi connectivity index (χ0v) is 9.74. The van der Waals surface area contributed by atoms with Crippen molar-refractivity contribution in [2.45, 2.75) is 6.04 Å². The molecule has 2 heterocycles. The minimum atomic E-state index is -0.932. The van der Waals surface area contributed by atoms with Gasteiger partial charge in [0, 0.05) is 18.1 Å². The molecule has 7 nitrogen and oxygen atoms in total. The highest BCUT2D eigenvalue weighted by Crippen LogP contribution is 2.24. The molecule has 1 aromatic heterocycles. The van der Waals surface area contributed by atoms with Crippen molar-refractivity contribution in [3.63, 3.8) is 0 Å². The van der Waals surface area contributed by atoms with Crippen molar-refractivity contribution in [3.8, 4) is 0 Å². The molecule has 0 radical (unpaired) electrons. The fraction of sp³-hybridized carbons (Fsp3) is 0.444. The summed E-state index contributed by atoms with van der Waals surface area (Å²) < 4.78 is 0. The Labute approximate surface area is 101 Å². The van der Waals surface area contributed by atoms with Gasteiger partial charge in [-0.3, -0.25) is 4.79 Å². The van der Waals surface area contributed by atoms with E-state index < -0.39 is 17.6 Å². The van der Waals surface area contributed by atoms with Crippen LogP contribution >= 0.6 is 11.8 Å². The average Bonchev–Trinajstić information content (AvgIpc) is 2.33. The van der Waals surface area contributed by atoms with E-state index in [1.165, 1.54) is 6.33 Å². The number of H-pyrrole nitrogens is 1. The smallest absolute Gasteiger partial charge is 0.327 e. The number of nitrogen functional groups attached to an aromatic ring is 1. The summed E-state index contributed by atoms with van der Waals surface area (Å²) in [5.74, 6) is 0.571. The van der Waals surface area contributed by atoms with Gasteiger partial charge in [-0.15, -0.1) is 0 Å². The van der Waals surface area contributed by atoms with Gasteiger partial charge < -0.3 is 20.7 Å². The van der Waals surface area contributed by atoms with E-state index in [0.29, 0.717) is 12.3 Å². The van der Waals surface area contributed by atoms with E-state index in [4.69, 9.17) is 10.8 Å². The van der Waals surface area contributed by atoms with Gasteiger partial charge >= 0.3 is 5.97 Å². The minimum absolute atomic E-state index is 0.0364. The first kappa shape index (κ1) is 11.8. The van der Waals surface area contributed by atoms with Gasteiger partial charge in [0.15, 0.2) is 5.82 Å². The Balaban J connectivity index is 2.39. The van der Waals surface area contributed by atoms with Gasteiger partial charge in [0.05, 0.1) is 6.33 Å². The summed E-state index contributed by atoms with van der Waals surface area (Å²) in [6.45, 7) is 0.516. The number of hydrogen-bond donors (Lipinski definition) is 3. The number of anilines is 2. The van der Waals surface area contributed by atoms with Gasteiger partial charge in [-0.2, -0.15) is 11.8 Å². The zero-order chi connectivity index (χ0) is 12.4. The molecule has 0 aliphatic carbocycles. The van der Waals surface area contributed by atoms with Gasteiger partial charge in [0.2, 0.25) is 0 Å². The van der Waals surface area contributed by atoms with Crippen LogP contribution in [0.15, 0.2) is 11.1 Å². The van der Waals surface area contributed by atoms with Crippen LogP contribution in [0.5, 0.6) is 0 Å². The van der Waals surface area contributed by atoms with Crippen LogP contribution in [0.4, 0.5) is 11.5 Å². The van der Waals surface area contributed by atoms with Crippen LogP contribution in [0.3, 0.4) is 0 Å². The fourth-order valence-electron chi connectivity index (χ4n) is 1.69. The Kier molecular flexibility index (Phi) is 3.23. The maximum Gasteiger partial charge on any atom is 0.327 e. The van der Waals surface area contributed by atoms with Gasteiger partial charge in [-0.1, -0.05) is 0 Å². The van der Waals surface area contributed by atoms with E-state index in [2.05, 4.69) is 9.97 Å². The molecule has 1 saturated heterocycles. The van der Waals surface area contributed by atoms with Crippen LogP contribution in [0.1, 0.15) is 0 Å². The molecule has 4 N–H and O–H groups in total. The van der Waals surface area contributed by atoms with Gasteiger partial charge in [-0.05, 0) is 0 Å². The number of aromatic amines is 1. The van der Waals surface area contributed by atoms with Crippen molar-refractivity contribution in [1.82, 2.24) is 9.97 Å². The Morgan fingerprint density at radius 1 is 1.71 bits per heavy atom. The van der Waals surface area contributed by atoms with E-state index >= 15 is 0 Å². The van der Waals surface area contributed by atoms with E-state index in [9.17, 15) is 9.59 Å². The first-order chi connectivity index (χ1) is 8.11. The lowest BCUT2D eigenvalue weighted by molar-refractivity contribution is -0.138. The van der Waals surface area contributed by atoms with Crippen molar-refractivity contribution in [1.29, 1.82) is 0 Å². The van der Waals surface area contributed by atoms with Crippen LogP contribution < -0.4 is 16.2 Å². The van der Waals surface area contributed by atoms with Crippen molar-refractivity contribution in [3.05, 3.63) is 16.7 Å². The largest absolute Gasteiger partial charge is 0.480 e. The number of nitrogens with two attached hydrogens (primary N) is 1. The molecule has 1 aromatic rings. The molecule has 0 aromatic carbocycles. The SMILES string of the molecule is Nc1c(N2CCSCC2C(=O)O)nc[nH]c1=O. The Hall–Kier alpha value is -1.70. The summed E-state index contributed by atoms with van der Waals surface area (Å²) in [6.07, 6.45) is 1.23. The number of carbonyl (C=O) groups is 1. The predicted octanol–water partition coefficient (Wildman–Crippen LogP) is -0.642. The van der Waals surface area contributed by atoms with Gasteiger partial charge in [-0.25, -0.2) is 9.78 Å². The highest BCUT2D eigenvalue weighted by molar-refractivity contribution is 7.99. The lowest BCUT2D eigenvalue weighted by Gasteiger charge is -2.33. The molecule has 1 unspecified atom stereocenters. The molecular formula is C9H12N4O3S. The number of thioether (sulfide) groups is 1. The normalized spacial score (nSPS) is 20.2. The molecule has 92 valence electrons. The molecule has 8 heteroatoms. The number of hydrogen-bond acceptors (Lipinski definition) is 6. The number of aromatic nitrogens is 2. The highest BCUT2D eigenvalue weighted by Gasteiger charge is 2.31. The third-order valence-electron chi connectivity index (χ3n) is 2.55. The number of aliphatic carboxylic acids is 1. The summed E-state index contributed by atoms with van der Waals surface area (Å²) in [5, 5.41) is 9.12. The fourth-order valence-corrected chi connectivity index (χ4v) is 2.73. The van der Waals surface area contributed by atoms with Gasteiger partial charge in [0.25, 0.3) is 5.56 Å². The summed E-state index contributed by atoms with van der Waals surface area (Å²) >= 11 is 1.56. The standard InChI is InChI=1S/C9H12N4O3S/c10-6-7(11-4-12-8(6)14)13-1-2-17-3-5(13)9(15)16/h4-5H,1-3,10H2,(H,15,16)(H,11,12,14). The summed E-state index contributed by atoms with van der Waals surface area (Å²) in [4.78, 5) is 30.4. The highest BCUT2D eigenvalue weighted by atomic mass is 32.2. The Morgan fingerprint density at radius 2 is 2.47 bits per heavy atom. The summed E-state index contributed by atoms with van der Waals surface area (Å²) in [6, 6.07) is -0.689. The number of nitrogens with zero attached hydrogens (tertiary/aromatic N) is 2. The molecule has 1 atom stereocenters. The van der Waals surface area contributed by atoms with Crippen molar-refractivity contribution >= 4 is 29.2 Å². The van der Waals surface area contributed by atoms with Crippen LogP contribution in [0.25, 0.3) is 0 Å². The molecule has 0 spiro atoms. The summed E-state index contributed by atoms with van der Waals surface area (Å²) in [5.41, 5.74) is 5.14. The number of rotatable bonds is 2. The van der Waals surface area contributed by atoms with Crippen LogP contribution in [0.2, 0.25) is 0 Å². The number of carboxylic acids is 1. The number of nitrogens with one attached hydrogen (secondary N) is 1. The monoisotopic (exact) mass is 256 g/mol.